The van der Waals surface area contributed by atoms with Gasteiger partial charge in [0.05, 0.1) is 6.61 Å². The molecule has 3 fully saturated rings. The summed E-state index contributed by atoms with van der Waals surface area (Å²) in [6, 6.07) is 0. The molecule has 212 valence electrons. The summed E-state index contributed by atoms with van der Waals surface area (Å²) in [6.45, 7) is 15.2. The van der Waals surface area contributed by atoms with E-state index >= 15 is 0 Å². The highest BCUT2D eigenvalue weighted by Gasteiger charge is 2.59. The van der Waals surface area contributed by atoms with E-state index in [0.717, 1.165) is 67.6 Å². The first-order valence-electron chi connectivity index (χ1n) is 16.2. The van der Waals surface area contributed by atoms with Crippen LogP contribution in [0.25, 0.3) is 0 Å². The Balaban J connectivity index is 1.34. The average molecular weight is 515 g/mol. The van der Waals surface area contributed by atoms with Crippen LogP contribution in [0.2, 0.25) is 0 Å². The van der Waals surface area contributed by atoms with Crippen molar-refractivity contribution in [2.75, 3.05) is 6.61 Å². The van der Waals surface area contributed by atoms with Crippen LogP contribution in [0.4, 0.5) is 4.79 Å². The van der Waals surface area contributed by atoms with Gasteiger partial charge < -0.3 is 9.47 Å². The Morgan fingerprint density at radius 1 is 0.973 bits per heavy atom. The average Bonchev–Trinajstić information content (AvgIpc) is 3.21. The van der Waals surface area contributed by atoms with Crippen molar-refractivity contribution in [2.24, 2.45) is 46.3 Å². The number of allylic oxidation sites excluding steroid dienone is 1. The van der Waals surface area contributed by atoms with Crippen LogP contribution in [-0.4, -0.2) is 18.9 Å². The molecule has 0 radical (unpaired) electrons. The third-order valence-electron chi connectivity index (χ3n) is 11.7. The molecule has 8 atom stereocenters. The van der Waals surface area contributed by atoms with E-state index in [-0.39, 0.29) is 6.10 Å². The Labute approximate surface area is 228 Å². The van der Waals surface area contributed by atoms with Gasteiger partial charge in [0.2, 0.25) is 0 Å². The molecule has 0 heterocycles. The molecule has 0 saturated heterocycles. The van der Waals surface area contributed by atoms with Gasteiger partial charge in [-0.25, -0.2) is 4.79 Å². The smallest absolute Gasteiger partial charge is 0.434 e. The number of hydrogen-bond donors (Lipinski definition) is 0. The Morgan fingerprint density at radius 2 is 1.78 bits per heavy atom. The lowest BCUT2D eigenvalue weighted by Crippen LogP contribution is -2.51. The first-order chi connectivity index (χ1) is 17.7. The predicted molar refractivity (Wildman–Crippen MR) is 153 cm³/mol. The van der Waals surface area contributed by atoms with E-state index in [9.17, 15) is 4.79 Å². The molecule has 0 aromatic carbocycles. The molecule has 0 spiro atoms. The first kappa shape index (κ1) is 29.0. The molecule has 37 heavy (non-hydrogen) atoms. The van der Waals surface area contributed by atoms with Crippen molar-refractivity contribution in [1.29, 1.82) is 0 Å². The first-order valence-corrected chi connectivity index (χ1v) is 16.2. The zero-order valence-corrected chi connectivity index (χ0v) is 25.2. The Hall–Kier alpha value is -0.990. The van der Waals surface area contributed by atoms with E-state index in [1.54, 1.807) is 5.57 Å². The van der Waals surface area contributed by atoms with Crippen molar-refractivity contribution in [2.45, 2.75) is 144 Å². The van der Waals surface area contributed by atoms with Gasteiger partial charge >= 0.3 is 6.16 Å². The molecule has 3 saturated carbocycles. The lowest BCUT2D eigenvalue weighted by molar-refractivity contribution is -0.0617. The van der Waals surface area contributed by atoms with Crippen LogP contribution in [0.3, 0.4) is 0 Å². The van der Waals surface area contributed by atoms with Gasteiger partial charge in [0.25, 0.3) is 0 Å². The van der Waals surface area contributed by atoms with Crippen LogP contribution in [0.1, 0.15) is 138 Å². The Morgan fingerprint density at radius 3 is 2.54 bits per heavy atom. The summed E-state index contributed by atoms with van der Waals surface area (Å²) in [6.07, 6.45) is 20.8. The Bertz CT molecular complexity index is 786. The number of fused-ring (bicyclic) bond motifs is 5. The molecule has 3 nitrogen and oxygen atoms in total. The van der Waals surface area contributed by atoms with Crippen molar-refractivity contribution < 1.29 is 14.3 Å². The highest BCUT2D eigenvalue weighted by molar-refractivity contribution is 5.60. The molecule has 0 aromatic heterocycles. The van der Waals surface area contributed by atoms with Crippen molar-refractivity contribution in [3.63, 3.8) is 0 Å². The van der Waals surface area contributed by atoms with Crippen molar-refractivity contribution >= 4 is 6.16 Å². The van der Waals surface area contributed by atoms with E-state index in [1.807, 2.05) is 0 Å². The van der Waals surface area contributed by atoms with Crippen LogP contribution < -0.4 is 0 Å². The summed E-state index contributed by atoms with van der Waals surface area (Å²) in [5, 5.41) is 0. The number of ether oxygens (including phenoxy) is 2. The summed E-state index contributed by atoms with van der Waals surface area (Å²) in [4.78, 5) is 12.3. The second-order valence-electron chi connectivity index (χ2n) is 14.4. The molecular weight excluding hydrogens is 456 g/mol. The van der Waals surface area contributed by atoms with Gasteiger partial charge in [0.1, 0.15) is 6.10 Å². The number of rotatable bonds is 11. The monoisotopic (exact) mass is 514 g/mol. The van der Waals surface area contributed by atoms with Gasteiger partial charge in [-0.15, -0.1) is 0 Å². The van der Waals surface area contributed by atoms with Gasteiger partial charge in [-0.1, -0.05) is 91.7 Å². The lowest BCUT2D eigenvalue weighted by atomic mass is 9.47. The molecule has 0 amide bonds. The highest BCUT2D eigenvalue weighted by atomic mass is 16.7. The second-order valence-corrected chi connectivity index (χ2v) is 14.4. The fraction of sp³-hybridized carbons (Fsp3) is 0.912. The van der Waals surface area contributed by atoms with Crippen LogP contribution in [0.5, 0.6) is 0 Å². The van der Waals surface area contributed by atoms with Crippen LogP contribution in [-0.2, 0) is 9.47 Å². The highest BCUT2D eigenvalue weighted by Crippen LogP contribution is 2.67. The topological polar surface area (TPSA) is 35.5 Å². The number of unbranched alkanes of at least 4 members (excludes halogenated alkanes) is 3. The zero-order chi connectivity index (χ0) is 26.6. The summed E-state index contributed by atoms with van der Waals surface area (Å²) in [5.41, 5.74) is 2.43. The normalized spacial score (nSPS) is 37.8. The second kappa shape index (κ2) is 12.5. The zero-order valence-electron chi connectivity index (χ0n) is 25.2. The molecule has 4 aliphatic carbocycles. The summed E-state index contributed by atoms with van der Waals surface area (Å²) in [7, 11) is 0. The third-order valence-corrected chi connectivity index (χ3v) is 11.7. The molecule has 1 unspecified atom stereocenters. The molecule has 0 aliphatic heterocycles. The molecule has 4 aliphatic rings. The molecular formula is C34H58O3. The van der Waals surface area contributed by atoms with Crippen molar-refractivity contribution in [3.05, 3.63) is 11.6 Å². The lowest BCUT2D eigenvalue weighted by Gasteiger charge is -2.58. The molecule has 3 heteroatoms. The quantitative estimate of drug-likeness (QED) is 0.156. The molecule has 0 bridgehead atoms. The number of carbonyl (C=O) groups excluding carboxylic acids is 1. The van der Waals surface area contributed by atoms with Gasteiger partial charge in [0, 0.05) is 6.42 Å². The number of carbonyl (C=O) groups is 1. The summed E-state index contributed by atoms with van der Waals surface area (Å²) >= 11 is 0. The minimum Gasteiger partial charge on any atom is -0.434 e. The van der Waals surface area contributed by atoms with E-state index < -0.39 is 6.16 Å². The Kier molecular flexibility index (Phi) is 9.77. The van der Waals surface area contributed by atoms with Gasteiger partial charge in [-0.05, 0) is 97.7 Å². The summed E-state index contributed by atoms with van der Waals surface area (Å²) < 4.78 is 11.2. The van der Waals surface area contributed by atoms with Gasteiger partial charge in [-0.2, -0.15) is 0 Å². The largest absolute Gasteiger partial charge is 0.508 e. The maximum atomic E-state index is 12.3. The van der Waals surface area contributed by atoms with Crippen LogP contribution in [0.15, 0.2) is 11.6 Å². The van der Waals surface area contributed by atoms with Crippen molar-refractivity contribution in [1.82, 2.24) is 0 Å². The van der Waals surface area contributed by atoms with E-state index in [0.29, 0.717) is 17.4 Å². The fourth-order valence-corrected chi connectivity index (χ4v) is 9.61. The predicted octanol–water partition coefficient (Wildman–Crippen LogP) is 10.1. The third kappa shape index (κ3) is 6.27. The van der Waals surface area contributed by atoms with Gasteiger partial charge in [0.15, 0.2) is 0 Å². The molecule has 0 aromatic rings. The SMILES string of the molecule is CCCCCCOC(=O)O[C@H]1CC[C@@]2(C)C(=CC[C@H]3[C@@H]4CC[C@H](C(C)CCCC(C)C)[C@@]4(C)CC[C@@H]32)C1. The maximum Gasteiger partial charge on any atom is 0.508 e. The number of hydrogen-bond acceptors (Lipinski definition) is 3. The fourth-order valence-electron chi connectivity index (χ4n) is 9.61. The molecule has 4 rings (SSSR count). The maximum absolute atomic E-state index is 12.3. The van der Waals surface area contributed by atoms with Crippen molar-refractivity contribution in [3.8, 4) is 0 Å². The van der Waals surface area contributed by atoms with Crippen LogP contribution in [0, 0.1) is 46.3 Å². The van der Waals surface area contributed by atoms with E-state index in [1.165, 1.54) is 64.2 Å². The van der Waals surface area contributed by atoms with E-state index in [2.05, 4.69) is 47.6 Å². The minimum atomic E-state index is -0.452. The van der Waals surface area contributed by atoms with Gasteiger partial charge in [-0.3, -0.25) is 0 Å². The standard InChI is InChI=1S/C34H58O3/c1-7-8-9-10-22-36-32(35)37-27-18-20-33(5)26(23-27)14-15-28-30-17-16-29(25(4)13-11-12-24(2)3)34(30,6)21-19-31(28)33/h14,24-25,27-31H,7-13,15-23H2,1-6H3/t25?,27-,28-,29+,30-,31-,33-,34+/m0/s1. The minimum absolute atomic E-state index is 0.00424. The molecule has 0 N–H and O–H groups in total. The van der Waals surface area contributed by atoms with Crippen LogP contribution >= 0.6 is 0 Å². The van der Waals surface area contributed by atoms with E-state index in [4.69, 9.17) is 9.47 Å². The summed E-state index contributed by atoms with van der Waals surface area (Å²) in [5.74, 6) is 5.18.